The molecule has 0 aliphatic rings. The zero-order valence-corrected chi connectivity index (χ0v) is 12.4. The van der Waals surface area contributed by atoms with Gasteiger partial charge in [0.25, 0.3) is 0 Å². The predicted molar refractivity (Wildman–Crippen MR) is 78.8 cm³/mol. The van der Waals surface area contributed by atoms with Crippen molar-refractivity contribution in [3.8, 4) is 5.75 Å². The number of benzene rings is 1. The second-order valence-electron chi connectivity index (χ2n) is 4.57. The molecule has 0 saturated heterocycles. The quantitative estimate of drug-likeness (QED) is 0.739. The first-order valence-corrected chi connectivity index (χ1v) is 7.17. The summed E-state index contributed by atoms with van der Waals surface area (Å²) in [6.07, 6.45) is 3.36. The first-order valence-electron chi connectivity index (χ1n) is 6.79. The van der Waals surface area contributed by atoms with Gasteiger partial charge < -0.3 is 10.1 Å². The molecule has 0 aromatic heterocycles. The van der Waals surface area contributed by atoms with Gasteiger partial charge in [-0.25, -0.2) is 0 Å². The Bertz CT molecular complexity index is 407. The van der Waals surface area contributed by atoms with Crippen molar-refractivity contribution >= 4 is 17.5 Å². The van der Waals surface area contributed by atoms with Crippen LogP contribution in [-0.2, 0) is 4.79 Å². The zero-order valence-electron chi connectivity index (χ0n) is 11.7. The van der Waals surface area contributed by atoms with Crippen LogP contribution in [0.15, 0.2) is 18.2 Å². The molecule has 0 aliphatic carbocycles. The van der Waals surface area contributed by atoms with Gasteiger partial charge in [0, 0.05) is 18.0 Å². The van der Waals surface area contributed by atoms with Gasteiger partial charge in [0.05, 0.1) is 6.61 Å². The number of halogens is 1. The Morgan fingerprint density at radius 1 is 1.37 bits per heavy atom. The van der Waals surface area contributed by atoms with Gasteiger partial charge in [-0.1, -0.05) is 24.9 Å². The normalized spacial score (nSPS) is 10.3. The van der Waals surface area contributed by atoms with E-state index >= 15 is 0 Å². The Kier molecular flexibility index (Phi) is 7.34. The maximum absolute atomic E-state index is 11.4. The number of hydrogen-bond donors (Lipinski definition) is 1. The molecule has 4 heteroatoms. The van der Waals surface area contributed by atoms with Crippen molar-refractivity contribution in [2.24, 2.45) is 0 Å². The lowest BCUT2D eigenvalue weighted by Crippen LogP contribution is -2.24. The monoisotopic (exact) mass is 283 g/mol. The van der Waals surface area contributed by atoms with Crippen molar-refractivity contribution in [2.75, 3.05) is 13.2 Å². The highest BCUT2D eigenvalue weighted by molar-refractivity contribution is 6.31. The largest absolute Gasteiger partial charge is 0.494 e. The molecule has 0 saturated carbocycles. The molecule has 0 radical (unpaired) electrons. The van der Waals surface area contributed by atoms with Crippen LogP contribution < -0.4 is 10.1 Å². The molecule has 0 unspecified atom stereocenters. The minimum absolute atomic E-state index is 0.101. The van der Waals surface area contributed by atoms with Gasteiger partial charge in [0.2, 0.25) is 5.91 Å². The summed E-state index contributed by atoms with van der Waals surface area (Å²) in [4.78, 5) is 11.4. The van der Waals surface area contributed by atoms with E-state index in [2.05, 4.69) is 12.2 Å². The summed E-state index contributed by atoms with van der Waals surface area (Å²) in [7, 11) is 0. The van der Waals surface area contributed by atoms with E-state index in [-0.39, 0.29) is 5.91 Å². The minimum Gasteiger partial charge on any atom is -0.494 e. The van der Waals surface area contributed by atoms with Crippen molar-refractivity contribution in [1.29, 1.82) is 0 Å². The van der Waals surface area contributed by atoms with E-state index < -0.39 is 0 Å². The van der Waals surface area contributed by atoms with E-state index in [0.29, 0.717) is 13.0 Å². The van der Waals surface area contributed by atoms with Crippen LogP contribution in [-0.4, -0.2) is 19.1 Å². The predicted octanol–water partition coefficient (Wildman–Crippen LogP) is 3.72. The molecule has 0 fully saturated rings. The number of hydrogen-bond acceptors (Lipinski definition) is 2. The Morgan fingerprint density at radius 2 is 2.16 bits per heavy atom. The van der Waals surface area contributed by atoms with Crippen molar-refractivity contribution in [2.45, 2.75) is 39.5 Å². The van der Waals surface area contributed by atoms with Crippen LogP contribution in [0.4, 0.5) is 0 Å². The molecule has 0 bridgehead atoms. The van der Waals surface area contributed by atoms with Gasteiger partial charge in [0.15, 0.2) is 0 Å². The number of rotatable bonds is 8. The lowest BCUT2D eigenvalue weighted by atomic mass is 10.2. The Labute approximate surface area is 120 Å². The summed E-state index contributed by atoms with van der Waals surface area (Å²) in [5, 5.41) is 3.63. The van der Waals surface area contributed by atoms with Gasteiger partial charge in [0.1, 0.15) is 5.75 Å². The van der Waals surface area contributed by atoms with E-state index in [0.717, 1.165) is 42.1 Å². The SMILES string of the molecule is CCCCNC(=O)CCCOc1ccc(Cl)c(C)c1. The van der Waals surface area contributed by atoms with E-state index in [1.165, 1.54) is 0 Å². The van der Waals surface area contributed by atoms with Gasteiger partial charge in [-0.05, 0) is 43.5 Å². The first kappa shape index (κ1) is 15.8. The summed E-state index contributed by atoms with van der Waals surface area (Å²) < 4.78 is 5.58. The fraction of sp³-hybridized carbons (Fsp3) is 0.533. The van der Waals surface area contributed by atoms with Crippen molar-refractivity contribution < 1.29 is 9.53 Å². The smallest absolute Gasteiger partial charge is 0.220 e. The second-order valence-corrected chi connectivity index (χ2v) is 4.97. The molecule has 1 aromatic carbocycles. The topological polar surface area (TPSA) is 38.3 Å². The number of nitrogens with one attached hydrogen (secondary N) is 1. The molecule has 0 aliphatic heterocycles. The molecule has 1 N–H and O–H groups in total. The fourth-order valence-electron chi connectivity index (χ4n) is 1.62. The Hall–Kier alpha value is -1.22. The standard InChI is InChI=1S/C15H22ClNO2/c1-3-4-9-17-15(18)6-5-10-19-13-7-8-14(16)12(2)11-13/h7-8,11H,3-6,9-10H2,1-2H3,(H,17,18). The molecular weight excluding hydrogens is 262 g/mol. The third kappa shape index (κ3) is 6.48. The summed E-state index contributed by atoms with van der Waals surface area (Å²) in [5.74, 6) is 0.901. The van der Waals surface area contributed by atoms with E-state index in [1.807, 2.05) is 25.1 Å². The van der Waals surface area contributed by atoms with Crippen LogP contribution in [0.1, 0.15) is 38.2 Å². The summed E-state index contributed by atoms with van der Waals surface area (Å²) in [5.41, 5.74) is 0.997. The molecule has 19 heavy (non-hydrogen) atoms. The third-order valence-electron chi connectivity index (χ3n) is 2.80. The molecule has 0 heterocycles. The van der Waals surface area contributed by atoms with E-state index in [9.17, 15) is 4.79 Å². The lowest BCUT2D eigenvalue weighted by Gasteiger charge is -2.08. The zero-order chi connectivity index (χ0) is 14.1. The van der Waals surface area contributed by atoms with Crippen LogP contribution in [0.25, 0.3) is 0 Å². The maximum atomic E-state index is 11.4. The first-order chi connectivity index (χ1) is 9.13. The number of aryl methyl sites for hydroxylation is 1. The van der Waals surface area contributed by atoms with Crippen LogP contribution in [0.5, 0.6) is 5.75 Å². The average Bonchev–Trinajstić information content (AvgIpc) is 2.39. The molecule has 0 spiro atoms. The summed E-state index contributed by atoms with van der Waals surface area (Å²) >= 11 is 5.94. The lowest BCUT2D eigenvalue weighted by molar-refractivity contribution is -0.121. The van der Waals surface area contributed by atoms with Crippen LogP contribution in [0.2, 0.25) is 5.02 Å². The van der Waals surface area contributed by atoms with Gasteiger partial charge in [-0.15, -0.1) is 0 Å². The molecule has 1 rings (SSSR count). The average molecular weight is 284 g/mol. The van der Waals surface area contributed by atoms with Gasteiger partial charge in [-0.3, -0.25) is 4.79 Å². The molecule has 1 aromatic rings. The highest BCUT2D eigenvalue weighted by Gasteiger charge is 2.02. The number of carbonyl (C=O) groups excluding carboxylic acids is 1. The van der Waals surface area contributed by atoms with Crippen LogP contribution in [0.3, 0.4) is 0 Å². The van der Waals surface area contributed by atoms with Crippen LogP contribution in [0, 0.1) is 6.92 Å². The highest BCUT2D eigenvalue weighted by Crippen LogP contribution is 2.21. The van der Waals surface area contributed by atoms with E-state index in [4.69, 9.17) is 16.3 Å². The number of carbonyl (C=O) groups is 1. The summed E-state index contributed by atoms with van der Waals surface area (Å²) in [6, 6.07) is 5.57. The van der Waals surface area contributed by atoms with Gasteiger partial charge in [-0.2, -0.15) is 0 Å². The third-order valence-corrected chi connectivity index (χ3v) is 3.22. The number of ether oxygens (including phenoxy) is 1. The van der Waals surface area contributed by atoms with Crippen molar-refractivity contribution in [3.05, 3.63) is 28.8 Å². The molecule has 1 amide bonds. The second kappa shape index (κ2) is 8.81. The Morgan fingerprint density at radius 3 is 2.84 bits per heavy atom. The fourth-order valence-corrected chi connectivity index (χ4v) is 1.74. The van der Waals surface area contributed by atoms with Crippen LogP contribution >= 0.6 is 11.6 Å². The number of unbranched alkanes of at least 4 members (excludes halogenated alkanes) is 1. The maximum Gasteiger partial charge on any atom is 0.220 e. The minimum atomic E-state index is 0.101. The molecular formula is C15H22ClNO2. The highest BCUT2D eigenvalue weighted by atomic mass is 35.5. The Balaban J connectivity index is 2.16. The number of amides is 1. The molecule has 0 atom stereocenters. The van der Waals surface area contributed by atoms with E-state index in [1.54, 1.807) is 0 Å². The molecule has 106 valence electrons. The molecule has 3 nitrogen and oxygen atoms in total. The van der Waals surface area contributed by atoms with Crippen molar-refractivity contribution in [1.82, 2.24) is 5.32 Å². The summed E-state index contributed by atoms with van der Waals surface area (Å²) in [6.45, 7) is 5.36. The van der Waals surface area contributed by atoms with Crippen molar-refractivity contribution in [3.63, 3.8) is 0 Å². The van der Waals surface area contributed by atoms with Gasteiger partial charge >= 0.3 is 0 Å².